The van der Waals surface area contributed by atoms with Gasteiger partial charge < -0.3 is 24.8 Å². The molecule has 3 aliphatic rings. The standard InChI is InChI=1S/C33H38F4N2O6/c1-4-44-32(42)18-8-11-22(12-9-18)45-27-15-23(26(43-3)16-25(27)34)30(40)39-29-20-7-6-19(13-20)28(29)31(41)38-21-10-5-17(2)24(14-21)33(35,36)37/h5,10,14-16,18-20,22,28-29H,4,6-9,11-13H2,1-3H3,(H,38,41)(H,39,40)/t18-,19-,20+,22+,28+,29-/m1/s1. The van der Waals surface area contributed by atoms with E-state index < -0.39 is 41.3 Å². The number of carbonyl (C=O) groups excluding carboxylic acids is 3. The summed E-state index contributed by atoms with van der Waals surface area (Å²) in [6, 6.07) is 5.45. The number of anilines is 1. The third kappa shape index (κ3) is 7.04. The van der Waals surface area contributed by atoms with Crippen LogP contribution in [0.3, 0.4) is 0 Å². The van der Waals surface area contributed by atoms with Crippen molar-refractivity contribution in [1.82, 2.24) is 5.32 Å². The number of hydrogen-bond donors (Lipinski definition) is 2. The van der Waals surface area contributed by atoms with Crippen molar-refractivity contribution in [2.45, 2.75) is 77.1 Å². The molecule has 0 saturated heterocycles. The van der Waals surface area contributed by atoms with Crippen LogP contribution in [0.1, 0.15) is 73.4 Å². The van der Waals surface area contributed by atoms with E-state index in [0.29, 0.717) is 38.7 Å². The zero-order chi connectivity index (χ0) is 32.5. The smallest absolute Gasteiger partial charge is 0.416 e. The van der Waals surface area contributed by atoms with Crippen molar-refractivity contribution >= 4 is 23.5 Å². The van der Waals surface area contributed by atoms with Gasteiger partial charge >= 0.3 is 12.1 Å². The number of aryl methyl sites for hydroxylation is 1. The van der Waals surface area contributed by atoms with Gasteiger partial charge in [0.25, 0.3) is 5.91 Å². The lowest BCUT2D eigenvalue weighted by Gasteiger charge is -2.31. The Kier molecular flexibility index (Phi) is 9.60. The van der Waals surface area contributed by atoms with Gasteiger partial charge in [-0.3, -0.25) is 14.4 Å². The highest BCUT2D eigenvalue weighted by molar-refractivity contribution is 5.99. The monoisotopic (exact) mass is 634 g/mol. The molecule has 12 heteroatoms. The number of benzene rings is 2. The molecule has 0 radical (unpaired) electrons. The molecule has 0 unspecified atom stereocenters. The van der Waals surface area contributed by atoms with Crippen LogP contribution >= 0.6 is 0 Å². The Morgan fingerprint density at radius 1 is 0.956 bits per heavy atom. The molecule has 4 atom stereocenters. The van der Waals surface area contributed by atoms with Crippen LogP contribution in [0.5, 0.6) is 11.5 Å². The molecule has 0 aromatic heterocycles. The van der Waals surface area contributed by atoms with Gasteiger partial charge in [-0.05, 0) is 94.4 Å². The minimum atomic E-state index is -4.56. The quantitative estimate of drug-likeness (QED) is 0.243. The van der Waals surface area contributed by atoms with Gasteiger partial charge in [-0.15, -0.1) is 0 Å². The summed E-state index contributed by atoms with van der Waals surface area (Å²) in [5, 5.41) is 5.59. The van der Waals surface area contributed by atoms with Crippen LogP contribution in [0.2, 0.25) is 0 Å². The summed E-state index contributed by atoms with van der Waals surface area (Å²) in [7, 11) is 1.31. The van der Waals surface area contributed by atoms with E-state index in [1.165, 1.54) is 32.2 Å². The minimum absolute atomic E-state index is 0.00753. The number of fused-ring (bicyclic) bond motifs is 2. The van der Waals surface area contributed by atoms with Crippen LogP contribution in [0.15, 0.2) is 30.3 Å². The van der Waals surface area contributed by atoms with Crippen molar-refractivity contribution < 1.29 is 46.2 Å². The first kappa shape index (κ1) is 32.6. The minimum Gasteiger partial charge on any atom is -0.496 e. The molecule has 2 bridgehead atoms. The molecule has 8 nitrogen and oxygen atoms in total. The molecule has 3 fully saturated rings. The van der Waals surface area contributed by atoms with E-state index in [0.717, 1.165) is 25.0 Å². The number of hydrogen-bond acceptors (Lipinski definition) is 6. The first-order chi connectivity index (χ1) is 21.4. The summed E-state index contributed by atoms with van der Waals surface area (Å²) in [5.74, 6) is -3.02. The first-order valence-electron chi connectivity index (χ1n) is 15.4. The van der Waals surface area contributed by atoms with E-state index in [1.54, 1.807) is 6.92 Å². The van der Waals surface area contributed by atoms with Crippen molar-refractivity contribution in [3.63, 3.8) is 0 Å². The largest absolute Gasteiger partial charge is 0.496 e. The van der Waals surface area contributed by atoms with E-state index in [-0.39, 0.29) is 58.1 Å². The second-order valence-corrected chi connectivity index (χ2v) is 12.2. The molecular weight excluding hydrogens is 596 g/mol. The average Bonchev–Trinajstić information content (AvgIpc) is 3.61. The molecular formula is C33H38F4N2O6. The number of alkyl halides is 3. The Morgan fingerprint density at radius 3 is 2.33 bits per heavy atom. The normalized spacial score (nSPS) is 25.8. The fourth-order valence-corrected chi connectivity index (χ4v) is 7.16. The lowest BCUT2D eigenvalue weighted by atomic mass is 9.83. The van der Waals surface area contributed by atoms with E-state index in [4.69, 9.17) is 14.2 Å². The van der Waals surface area contributed by atoms with Gasteiger partial charge in [0.15, 0.2) is 11.6 Å². The molecule has 3 saturated carbocycles. The maximum Gasteiger partial charge on any atom is 0.416 e. The predicted molar refractivity (Wildman–Crippen MR) is 156 cm³/mol. The van der Waals surface area contributed by atoms with Crippen LogP contribution in [-0.2, 0) is 20.5 Å². The highest BCUT2D eigenvalue weighted by Crippen LogP contribution is 2.49. The number of methoxy groups -OCH3 is 1. The summed E-state index contributed by atoms with van der Waals surface area (Å²) < 4.78 is 71.7. The second-order valence-electron chi connectivity index (χ2n) is 12.2. The Labute approximate surface area is 259 Å². The topological polar surface area (TPSA) is 103 Å². The average molecular weight is 635 g/mol. The molecule has 2 N–H and O–H groups in total. The Balaban J connectivity index is 1.30. The summed E-state index contributed by atoms with van der Waals surface area (Å²) in [4.78, 5) is 39.2. The molecule has 0 spiro atoms. The number of rotatable bonds is 9. The third-order valence-corrected chi connectivity index (χ3v) is 9.41. The van der Waals surface area contributed by atoms with Crippen molar-refractivity contribution in [2.24, 2.45) is 23.7 Å². The number of nitrogens with one attached hydrogen (secondary N) is 2. The van der Waals surface area contributed by atoms with Crippen molar-refractivity contribution in [3.8, 4) is 11.5 Å². The zero-order valence-corrected chi connectivity index (χ0v) is 25.5. The van der Waals surface area contributed by atoms with E-state index >= 15 is 4.39 Å². The van der Waals surface area contributed by atoms with Gasteiger partial charge in [0.05, 0.1) is 42.8 Å². The van der Waals surface area contributed by atoms with Crippen LogP contribution < -0.4 is 20.1 Å². The Bertz CT molecular complexity index is 1440. The molecule has 5 rings (SSSR count). The Hall–Kier alpha value is -3.83. The molecule has 2 aromatic carbocycles. The number of carbonyl (C=O) groups is 3. The van der Waals surface area contributed by atoms with E-state index in [1.807, 2.05) is 0 Å². The molecule has 45 heavy (non-hydrogen) atoms. The zero-order valence-electron chi connectivity index (χ0n) is 25.5. The fraction of sp³-hybridized carbons (Fsp3) is 0.545. The molecule has 2 amide bonds. The van der Waals surface area contributed by atoms with Crippen LogP contribution in [0.25, 0.3) is 0 Å². The van der Waals surface area contributed by atoms with Crippen molar-refractivity contribution in [3.05, 3.63) is 52.8 Å². The number of amides is 2. The van der Waals surface area contributed by atoms with Crippen LogP contribution in [-0.4, -0.2) is 43.6 Å². The van der Waals surface area contributed by atoms with Crippen molar-refractivity contribution in [2.75, 3.05) is 19.0 Å². The molecule has 2 aromatic rings. The van der Waals surface area contributed by atoms with Gasteiger partial charge in [-0.2, -0.15) is 13.2 Å². The third-order valence-electron chi connectivity index (χ3n) is 9.41. The van der Waals surface area contributed by atoms with Crippen molar-refractivity contribution in [1.29, 1.82) is 0 Å². The van der Waals surface area contributed by atoms with Gasteiger partial charge in [-0.1, -0.05) is 6.07 Å². The lowest BCUT2D eigenvalue weighted by Crippen LogP contribution is -2.48. The number of halogens is 4. The SMILES string of the molecule is CCOC(=O)[C@H]1CC[C@@H](Oc2cc(C(=O)N[C@@H]3[C@H]4CC[C@H](C4)[C@@H]3C(=O)Nc3ccc(C)c(C(F)(F)F)c3)c(OC)cc2F)CC1. The first-order valence-corrected chi connectivity index (χ1v) is 15.4. The second kappa shape index (κ2) is 13.3. The predicted octanol–water partition coefficient (Wildman–Crippen LogP) is 6.45. The molecule has 0 aliphatic heterocycles. The summed E-state index contributed by atoms with van der Waals surface area (Å²) in [6.45, 7) is 3.41. The van der Waals surface area contributed by atoms with Gasteiger partial charge in [-0.25, -0.2) is 4.39 Å². The van der Waals surface area contributed by atoms with E-state index in [9.17, 15) is 27.6 Å². The summed E-state index contributed by atoms with van der Waals surface area (Å²) in [5.41, 5.74) is -0.716. The van der Waals surface area contributed by atoms with E-state index in [2.05, 4.69) is 10.6 Å². The summed E-state index contributed by atoms with van der Waals surface area (Å²) >= 11 is 0. The molecule has 0 heterocycles. The van der Waals surface area contributed by atoms with Gasteiger partial charge in [0.2, 0.25) is 5.91 Å². The molecule has 244 valence electrons. The van der Waals surface area contributed by atoms with Crippen LogP contribution in [0, 0.1) is 36.4 Å². The Morgan fingerprint density at radius 2 is 1.67 bits per heavy atom. The maximum atomic E-state index is 15.0. The fourth-order valence-electron chi connectivity index (χ4n) is 7.16. The number of ether oxygens (including phenoxy) is 3. The van der Waals surface area contributed by atoms with Gasteiger partial charge in [0, 0.05) is 17.8 Å². The lowest BCUT2D eigenvalue weighted by molar-refractivity contribution is -0.149. The maximum absolute atomic E-state index is 15.0. The number of esters is 1. The van der Waals surface area contributed by atoms with Crippen LogP contribution in [0.4, 0.5) is 23.2 Å². The highest BCUT2D eigenvalue weighted by atomic mass is 19.4. The molecule has 3 aliphatic carbocycles. The highest BCUT2D eigenvalue weighted by Gasteiger charge is 2.51. The summed E-state index contributed by atoms with van der Waals surface area (Å²) in [6.07, 6.45) is -0.523. The van der Waals surface area contributed by atoms with Gasteiger partial charge in [0.1, 0.15) is 5.75 Å².